The van der Waals surface area contributed by atoms with Crippen LogP contribution >= 0.6 is 23.2 Å². The van der Waals surface area contributed by atoms with Gasteiger partial charge in [0.05, 0.1) is 5.60 Å². The molecular weight excluding hydrogens is 271 g/mol. The Kier molecular flexibility index (Phi) is 5.89. The zero-order valence-electron chi connectivity index (χ0n) is 11.0. The highest BCUT2D eigenvalue weighted by molar-refractivity contribution is 6.35. The minimum atomic E-state index is -0.245. The number of hydrogen-bond donors (Lipinski definition) is 2. The molecule has 1 aromatic carbocycles. The van der Waals surface area contributed by atoms with E-state index >= 15 is 0 Å². The number of nitrogens with two attached hydrogens (primary N) is 1. The first-order valence-electron chi connectivity index (χ1n) is 5.84. The summed E-state index contributed by atoms with van der Waals surface area (Å²) in [5.41, 5.74) is 3.47. The van der Waals surface area contributed by atoms with Crippen LogP contribution in [0.3, 0.4) is 0 Å². The summed E-state index contributed by atoms with van der Waals surface area (Å²) in [5.74, 6) is 5.59. The number of hydrogen-bond acceptors (Lipinski definition) is 3. The largest absolute Gasteiger partial charge is 0.379 e. The predicted octanol–water partition coefficient (Wildman–Crippen LogP) is 3.18. The molecule has 0 aromatic heterocycles. The Morgan fingerprint density at radius 1 is 1.33 bits per heavy atom. The molecule has 3 nitrogen and oxygen atoms in total. The highest BCUT2D eigenvalue weighted by Crippen LogP contribution is 2.27. The number of hydrazine groups is 1. The maximum atomic E-state index is 6.15. The normalized spacial score (nSPS) is 13.7. The molecule has 1 aromatic rings. The van der Waals surface area contributed by atoms with Crippen LogP contribution in [0, 0.1) is 0 Å². The van der Waals surface area contributed by atoms with Crippen LogP contribution in [0.25, 0.3) is 0 Å². The number of methoxy groups -OCH3 is 1. The van der Waals surface area contributed by atoms with Crippen molar-refractivity contribution in [1.82, 2.24) is 5.43 Å². The number of rotatable bonds is 6. The maximum absolute atomic E-state index is 6.15. The van der Waals surface area contributed by atoms with Crippen LogP contribution in [0.5, 0.6) is 0 Å². The number of halogens is 2. The second-order valence-electron chi connectivity index (χ2n) is 4.94. The third kappa shape index (κ3) is 4.41. The third-order valence-electron chi connectivity index (χ3n) is 3.04. The lowest BCUT2D eigenvalue weighted by Gasteiger charge is -2.28. The first-order valence-corrected chi connectivity index (χ1v) is 6.59. The zero-order valence-corrected chi connectivity index (χ0v) is 12.5. The standard InChI is InChI=1S/C13H20Cl2N2O/c1-13(2,18-3)8-9(17-16)7-10-11(14)5-4-6-12(10)15/h4-6,9,17H,7-8,16H2,1-3H3. The lowest BCUT2D eigenvalue weighted by Crippen LogP contribution is -2.42. The van der Waals surface area contributed by atoms with Gasteiger partial charge in [-0.05, 0) is 44.4 Å². The summed E-state index contributed by atoms with van der Waals surface area (Å²) in [7, 11) is 1.69. The van der Waals surface area contributed by atoms with E-state index in [1.807, 2.05) is 32.0 Å². The van der Waals surface area contributed by atoms with Gasteiger partial charge >= 0.3 is 0 Å². The molecule has 0 amide bonds. The van der Waals surface area contributed by atoms with Gasteiger partial charge in [-0.2, -0.15) is 0 Å². The molecule has 18 heavy (non-hydrogen) atoms. The SMILES string of the molecule is COC(C)(C)CC(Cc1c(Cl)cccc1Cl)NN. The van der Waals surface area contributed by atoms with Crippen molar-refractivity contribution >= 4 is 23.2 Å². The molecule has 1 unspecified atom stereocenters. The Hall–Kier alpha value is -0.320. The molecule has 1 atom stereocenters. The second kappa shape index (κ2) is 6.73. The first-order chi connectivity index (χ1) is 8.39. The first kappa shape index (κ1) is 15.7. The molecule has 0 aliphatic rings. The lowest BCUT2D eigenvalue weighted by atomic mass is 9.94. The molecule has 0 aliphatic carbocycles. The predicted molar refractivity (Wildman–Crippen MR) is 77.0 cm³/mol. The second-order valence-corrected chi connectivity index (χ2v) is 5.75. The highest BCUT2D eigenvalue weighted by atomic mass is 35.5. The smallest absolute Gasteiger partial charge is 0.0638 e. The van der Waals surface area contributed by atoms with E-state index in [1.54, 1.807) is 7.11 Å². The van der Waals surface area contributed by atoms with Crippen LogP contribution in [0.2, 0.25) is 10.0 Å². The van der Waals surface area contributed by atoms with Gasteiger partial charge in [-0.1, -0.05) is 29.3 Å². The van der Waals surface area contributed by atoms with Crippen molar-refractivity contribution in [1.29, 1.82) is 0 Å². The number of ether oxygens (including phenoxy) is 1. The average Bonchev–Trinajstić information content (AvgIpc) is 2.32. The monoisotopic (exact) mass is 290 g/mol. The highest BCUT2D eigenvalue weighted by Gasteiger charge is 2.23. The lowest BCUT2D eigenvalue weighted by molar-refractivity contribution is 0.00711. The molecule has 5 heteroatoms. The zero-order chi connectivity index (χ0) is 13.8. The van der Waals surface area contributed by atoms with Gasteiger partial charge in [-0.3, -0.25) is 11.3 Å². The molecule has 102 valence electrons. The van der Waals surface area contributed by atoms with Crippen LogP contribution in [0.15, 0.2) is 18.2 Å². The molecule has 0 heterocycles. The van der Waals surface area contributed by atoms with Crippen LogP contribution in [-0.2, 0) is 11.2 Å². The molecule has 0 bridgehead atoms. The van der Waals surface area contributed by atoms with E-state index in [4.69, 9.17) is 33.8 Å². The summed E-state index contributed by atoms with van der Waals surface area (Å²) in [5, 5.41) is 1.33. The van der Waals surface area contributed by atoms with Crippen molar-refractivity contribution in [3.8, 4) is 0 Å². The van der Waals surface area contributed by atoms with Crippen LogP contribution < -0.4 is 11.3 Å². The van der Waals surface area contributed by atoms with E-state index in [1.165, 1.54) is 0 Å². The van der Waals surface area contributed by atoms with Gasteiger partial charge < -0.3 is 4.74 Å². The fraction of sp³-hybridized carbons (Fsp3) is 0.538. The van der Waals surface area contributed by atoms with Crippen molar-refractivity contribution in [2.45, 2.75) is 38.3 Å². The maximum Gasteiger partial charge on any atom is 0.0638 e. The Morgan fingerprint density at radius 3 is 2.33 bits per heavy atom. The fourth-order valence-electron chi connectivity index (χ4n) is 1.84. The molecule has 1 rings (SSSR count). The van der Waals surface area contributed by atoms with Gasteiger partial charge in [-0.25, -0.2) is 0 Å². The third-order valence-corrected chi connectivity index (χ3v) is 3.75. The molecule has 3 N–H and O–H groups in total. The van der Waals surface area contributed by atoms with E-state index in [0.717, 1.165) is 12.0 Å². The summed E-state index contributed by atoms with van der Waals surface area (Å²) in [6.07, 6.45) is 1.43. The van der Waals surface area contributed by atoms with Crippen molar-refractivity contribution < 1.29 is 4.74 Å². The molecule has 0 spiro atoms. The van der Waals surface area contributed by atoms with Gasteiger partial charge in [-0.15, -0.1) is 0 Å². The van der Waals surface area contributed by atoms with Crippen LogP contribution in [0.1, 0.15) is 25.8 Å². The number of nitrogens with one attached hydrogen (secondary N) is 1. The van der Waals surface area contributed by atoms with Crippen molar-refractivity contribution in [3.05, 3.63) is 33.8 Å². The molecule has 0 saturated carbocycles. The summed E-state index contributed by atoms with van der Waals surface area (Å²) < 4.78 is 5.41. The molecule has 0 radical (unpaired) electrons. The summed E-state index contributed by atoms with van der Waals surface area (Å²) in [4.78, 5) is 0. The quantitative estimate of drug-likeness (QED) is 0.625. The summed E-state index contributed by atoms with van der Waals surface area (Å²) in [6.45, 7) is 4.04. The van der Waals surface area contributed by atoms with E-state index in [9.17, 15) is 0 Å². The van der Waals surface area contributed by atoms with E-state index in [2.05, 4.69) is 5.43 Å². The van der Waals surface area contributed by atoms with Crippen molar-refractivity contribution in [3.63, 3.8) is 0 Å². The Balaban J connectivity index is 2.80. The van der Waals surface area contributed by atoms with E-state index in [0.29, 0.717) is 16.5 Å². The van der Waals surface area contributed by atoms with Crippen molar-refractivity contribution in [2.75, 3.05) is 7.11 Å². The topological polar surface area (TPSA) is 47.3 Å². The van der Waals surface area contributed by atoms with E-state index in [-0.39, 0.29) is 11.6 Å². The summed E-state index contributed by atoms with van der Waals surface area (Å²) in [6, 6.07) is 5.55. The minimum absolute atomic E-state index is 0.0531. The van der Waals surface area contributed by atoms with Gasteiger partial charge in [0, 0.05) is 23.2 Å². The van der Waals surface area contributed by atoms with Gasteiger partial charge in [0.25, 0.3) is 0 Å². The van der Waals surface area contributed by atoms with Gasteiger partial charge in [0.2, 0.25) is 0 Å². The minimum Gasteiger partial charge on any atom is -0.379 e. The Bertz CT molecular complexity index is 376. The molecule has 0 saturated heterocycles. The Morgan fingerprint density at radius 2 is 1.89 bits per heavy atom. The van der Waals surface area contributed by atoms with Crippen molar-refractivity contribution in [2.24, 2.45) is 5.84 Å². The number of benzene rings is 1. The average molecular weight is 291 g/mol. The molecule has 0 aliphatic heterocycles. The Labute approximate surface area is 119 Å². The fourth-order valence-corrected chi connectivity index (χ4v) is 2.39. The van der Waals surface area contributed by atoms with Gasteiger partial charge in [0.1, 0.15) is 0 Å². The van der Waals surface area contributed by atoms with Gasteiger partial charge in [0.15, 0.2) is 0 Å². The van der Waals surface area contributed by atoms with E-state index < -0.39 is 0 Å². The van der Waals surface area contributed by atoms with Crippen LogP contribution in [-0.4, -0.2) is 18.8 Å². The molecular formula is C13H20Cl2N2O. The van der Waals surface area contributed by atoms with Crippen LogP contribution in [0.4, 0.5) is 0 Å². The summed E-state index contributed by atoms with van der Waals surface area (Å²) >= 11 is 12.3. The molecule has 0 fully saturated rings.